The fourth-order valence-corrected chi connectivity index (χ4v) is 5.08. The number of hydrogen-bond acceptors (Lipinski definition) is 13. The van der Waals surface area contributed by atoms with Crippen LogP contribution in [0.1, 0.15) is 102 Å². The van der Waals surface area contributed by atoms with Crippen LogP contribution < -0.4 is 5.32 Å². The third-order valence-corrected chi connectivity index (χ3v) is 8.05. The maximum absolute atomic E-state index is 13.8. The summed E-state index contributed by atoms with van der Waals surface area (Å²) in [5.74, 6) is -6.77. The predicted molar refractivity (Wildman–Crippen MR) is 178 cm³/mol. The Bertz CT molecular complexity index is 1110. The molecule has 1 heterocycles. The predicted octanol–water partition coefficient (Wildman–Crippen LogP) is 3.55. The van der Waals surface area contributed by atoms with Crippen molar-refractivity contribution in [1.29, 1.82) is 0 Å². The number of nitrogens with zero attached hydrogens (tertiary/aromatic N) is 1. The van der Waals surface area contributed by atoms with E-state index in [1.54, 1.807) is 34.6 Å². The van der Waals surface area contributed by atoms with Gasteiger partial charge in [-0.1, -0.05) is 28.7 Å². The van der Waals surface area contributed by atoms with Crippen molar-refractivity contribution in [3.63, 3.8) is 0 Å². The van der Waals surface area contributed by atoms with Gasteiger partial charge in [-0.2, -0.15) is 0 Å². The number of nitrogens with one attached hydrogen (secondary N) is 1. The lowest BCUT2D eigenvalue weighted by molar-refractivity contribution is -0.202. The molecule has 5 unspecified atom stereocenters. The standard InChI is InChI=1S/C32H52N2O13.2CH4/c1-10-31(6,29(40)45-14-13-42-8)19-32(7,30(41)46-16-15-44-27(38)22(5)43-9)18-23(17-21(4)26(37)33-20(2)3)28(39)47-34-24(35)11-12-25(34)36;;/h20-23H,10-19H2,1-9H3,(H,33,37);2*1H4. The quantitative estimate of drug-likeness (QED) is 0.0791. The van der Waals surface area contributed by atoms with E-state index in [9.17, 15) is 33.6 Å². The van der Waals surface area contributed by atoms with E-state index in [4.69, 9.17) is 28.5 Å². The highest BCUT2D eigenvalue weighted by Gasteiger charge is 2.49. The topological polar surface area (TPSA) is 190 Å². The van der Waals surface area contributed by atoms with Crippen LogP contribution in [-0.2, 0) is 62.1 Å². The Labute approximate surface area is 291 Å². The Morgan fingerprint density at radius 1 is 0.796 bits per heavy atom. The summed E-state index contributed by atoms with van der Waals surface area (Å²) in [7, 11) is 2.80. The number of rotatable bonds is 21. The Morgan fingerprint density at radius 3 is 1.80 bits per heavy atom. The molecule has 15 heteroatoms. The van der Waals surface area contributed by atoms with Gasteiger partial charge < -0.3 is 33.8 Å². The van der Waals surface area contributed by atoms with Crippen molar-refractivity contribution in [2.45, 2.75) is 114 Å². The minimum absolute atomic E-state index is 0. The first-order chi connectivity index (χ1) is 21.9. The second-order valence-corrected chi connectivity index (χ2v) is 12.7. The number of methoxy groups -OCH3 is 2. The molecule has 0 bridgehead atoms. The smallest absolute Gasteiger partial charge is 0.336 e. The van der Waals surface area contributed by atoms with Crippen LogP contribution in [0, 0.1) is 22.7 Å². The van der Waals surface area contributed by atoms with Crippen molar-refractivity contribution in [1.82, 2.24) is 10.4 Å². The van der Waals surface area contributed by atoms with Gasteiger partial charge in [0.2, 0.25) is 5.91 Å². The normalized spacial score (nSPS) is 16.9. The van der Waals surface area contributed by atoms with Crippen molar-refractivity contribution in [3.8, 4) is 0 Å². The third kappa shape index (κ3) is 14.8. The molecule has 1 saturated heterocycles. The molecular weight excluding hydrogens is 644 g/mol. The molecule has 1 aliphatic heterocycles. The number of amides is 3. The summed E-state index contributed by atoms with van der Waals surface area (Å²) in [5.41, 5.74) is -2.82. The second-order valence-electron chi connectivity index (χ2n) is 12.7. The Balaban J connectivity index is 0. The number of esters is 3. The number of ether oxygens (including phenoxy) is 5. The molecule has 0 aromatic heterocycles. The summed E-state index contributed by atoms with van der Waals surface area (Å²) in [6, 6.07) is -0.189. The summed E-state index contributed by atoms with van der Waals surface area (Å²) < 4.78 is 25.9. The summed E-state index contributed by atoms with van der Waals surface area (Å²) in [6.45, 7) is 11.0. The number of carbonyl (C=O) groups is 7. The van der Waals surface area contributed by atoms with Gasteiger partial charge in [-0.05, 0) is 60.3 Å². The Kier molecular flexibility index (Phi) is 21.5. The Hall–Kier alpha value is -3.59. The molecule has 0 aliphatic carbocycles. The van der Waals surface area contributed by atoms with E-state index >= 15 is 0 Å². The minimum Gasteiger partial charge on any atom is -0.463 e. The fourth-order valence-electron chi connectivity index (χ4n) is 5.08. The Morgan fingerprint density at radius 2 is 1.31 bits per heavy atom. The lowest BCUT2D eigenvalue weighted by Crippen LogP contribution is -2.44. The van der Waals surface area contributed by atoms with Crippen LogP contribution in [0.2, 0.25) is 0 Å². The summed E-state index contributed by atoms with van der Waals surface area (Å²) in [5, 5.41) is 3.18. The highest BCUT2D eigenvalue weighted by molar-refractivity contribution is 6.01. The molecular formula is C34H60N2O13. The molecule has 0 radical (unpaired) electrons. The highest BCUT2D eigenvalue weighted by Crippen LogP contribution is 2.44. The van der Waals surface area contributed by atoms with Gasteiger partial charge in [-0.15, -0.1) is 5.06 Å². The molecule has 1 aliphatic rings. The van der Waals surface area contributed by atoms with Crippen LogP contribution >= 0.6 is 0 Å². The molecule has 0 saturated carbocycles. The SMILES string of the molecule is C.C.CCC(C)(CC(C)(CC(CC(C)C(=O)NC(C)C)C(=O)ON1C(=O)CCC1=O)C(=O)OCCOC(=O)C(C)OC)C(=O)OCCOC. The van der Waals surface area contributed by atoms with Crippen LogP contribution in [-0.4, -0.2) is 99.5 Å². The first-order valence-corrected chi connectivity index (χ1v) is 15.8. The highest BCUT2D eigenvalue weighted by atomic mass is 16.7. The minimum atomic E-state index is -1.58. The zero-order valence-corrected chi connectivity index (χ0v) is 29.1. The van der Waals surface area contributed by atoms with E-state index in [1.165, 1.54) is 28.1 Å². The van der Waals surface area contributed by atoms with Crippen LogP contribution in [0.15, 0.2) is 0 Å². The van der Waals surface area contributed by atoms with E-state index in [1.807, 2.05) is 0 Å². The van der Waals surface area contributed by atoms with E-state index in [0.29, 0.717) is 5.06 Å². The second kappa shape index (κ2) is 22.2. The molecule has 0 aromatic carbocycles. The lowest BCUT2D eigenvalue weighted by Gasteiger charge is -2.38. The van der Waals surface area contributed by atoms with Crippen molar-refractivity contribution < 1.29 is 62.1 Å². The monoisotopic (exact) mass is 704 g/mol. The average Bonchev–Trinajstić information content (AvgIpc) is 3.33. The van der Waals surface area contributed by atoms with E-state index < -0.39 is 64.5 Å². The fraction of sp³-hybridized carbons (Fsp3) is 0.794. The van der Waals surface area contributed by atoms with Gasteiger partial charge in [0.25, 0.3) is 11.8 Å². The maximum atomic E-state index is 13.8. The van der Waals surface area contributed by atoms with Crippen molar-refractivity contribution in [3.05, 3.63) is 0 Å². The van der Waals surface area contributed by atoms with Gasteiger partial charge in [-0.3, -0.25) is 24.0 Å². The van der Waals surface area contributed by atoms with Crippen LogP contribution in [0.25, 0.3) is 0 Å². The average molecular weight is 705 g/mol. The molecule has 3 amide bonds. The number of hydroxylamine groups is 2. The molecule has 49 heavy (non-hydrogen) atoms. The van der Waals surface area contributed by atoms with E-state index in [0.717, 1.165) is 0 Å². The first-order valence-electron chi connectivity index (χ1n) is 15.8. The van der Waals surface area contributed by atoms with Crippen molar-refractivity contribution in [2.24, 2.45) is 22.7 Å². The molecule has 0 aromatic rings. The number of hydrogen-bond donors (Lipinski definition) is 1. The molecule has 0 spiro atoms. The van der Waals surface area contributed by atoms with Gasteiger partial charge >= 0.3 is 23.9 Å². The van der Waals surface area contributed by atoms with Crippen molar-refractivity contribution in [2.75, 3.05) is 40.6 Å². The van der Waals surface area contributed by atoms with Crippen molar-refractivity contribution >= 4 is 41.6 Å². The summed E-state index contributed by atoms with van der Waals surface area (Å²) >= 11 is 0. The maximum Gasteiger partial charge on any atom is 0.336 e. The first kappa shape index (κ1) is 47.5. The van der Waals surface area contributed by atoms with Gasteiger partial charge in [0.05, 0.1) is 23.4 Å². The summed E-state index contributed by atoms with van der Waals surface area (Å²) in [6.07, 6.45) is -1.40. The zero-order chi connectivity index (χ0) is 35.9. The van der Waals surface area contributed by atoms with Crippen LogP contribution in [0.5, 0.6) is 0 Å². The van der Waals surface area contributed by atoms with Gasteiger partial charge in [-0.25, -0.2) is 9.59 Å². The number of imide groups is 1. The molecule has 5 atom stereocenters. The number of carbonyl (C=O) groups excluding carboxylic acids is 7. The van der Waals surface area contributed by atoms with Gasteiger partial charge in [0.15, 0.2) is 6.10 Å². The molecule has 15 nitrogen and oxygen atoms in total. The molecule has 1 fully saturated rings. The van der Waals surface area contributed by atoms with Gasteiger partial charge in [0.1, 0.15) is 19.8 Å². The van der Waals surface area contributed by atoms with Crippen LogP contribution in [0.4, 0.5) is 0 Å². The van der Waals surface area contributed by atoms with E-state index in [2.05, 4.69) is 5.32 Å². The molecule has 1 rings (SSSR count). The largest absolute Gasteiger partial charge is 0.463 e. The lowest BCUT2D eigenvalue weighted by atomic mass is 9.67. The van der Waals surface area contributed by atoms with E-state index in [-0.39, 0.29) is 91.8 Å². The third-order valence-electron chi connectivity index (χ3n) is 8.05. The zero-order valence-electron chi connectivity index (χ0n) is 29.1. The molecule has 1 N–H and O–H groups in total. The summed E-state index contributed by atoms with van der Waals surface area (Å²) in [4.78, 5) is 95.3. The molecule has 284 valence electrons. The van der Waals surface area contributed by atoms with Gasteiger partial charge in [0, 0.05) is 39.0 Å². The van der Waals surface area contributed by atoms with Crippen LogP contribution in [0.3, 0.4) is 0 Å².